The monoisotopic (exact) mass is 286 g/mol. The Kier molecular flexibility index (Phi) is 3.77. The largest absolute Gasteiger partial charge is 0.508 e. The van der Waals surface area contributed by atoms with Crippen molar-refractivity contribution in [2.24, 2.45) is 5.73 Å². The normalized spacial score (nSPS) is 29.6. The molecule has 1 fully saturated rings. The minimum absolute atomic E-state index is 0.384. The van der Waals surface area contributed by atoms with Crippen molar-refractivity contribution >= 4 is 5.91 Å². The molecule has 20 heavy (non-hydrogen) atoms. The zero-order valence-corrected chi connectivity index (χ0v) is 10.2. The van der Waals surface area contributed by atoms with Gasteiger partial charge in [-0.2, -0.15) is 0 Å². The Labute approximate surface area is 112 Å². The Balaban J connectivity index is 2.53. The maximum absolute atomic E-state index is 11.9. The minimum atomic E-state index is -1.53. The van der Waals surface area contributed by atoms with Crippen LogP contribution in [0, 0.1) is 0 Å². The lowest BCUT2D eigenvalue weighted by atomic mass is 10.1. The average molecular weight is 286 g/mol. The average Bonchev–Trinajstić information content (AvgIpc) is 2.65. The van der Waals surface area contributed by atoms with Gasteiger partial charge >= 0.3 is 0 Å². The molecular weight excluding hydrogens is 272 g/mol. The third kappa shape index (κ3) is 2.27. The predicted octanol–water partition coefficient (Wildman–Crippen LogP) is -2.74. The van der Waals surface area contributed by atoms with E-state index >= 15 is 0 Å². The molecule has 0 bridgehead atoms. The number of aliphatic hydroxyl groups is 3. The van der Waals surface area contributed by atoms with Gasteiger partial charge in [-0.1, -0.05) is 0 Å². The van der Waals surface area contributed by atoms with E-state index in [-0.39, 0.29) is 5.69 Å². The number of carbonyl (C=O) groups is 1. The van der Waals surface area contributed by atoms with Crippen LogP contribution in [0.4, 0.5) is 0 Å². The molecule has 6 N–H and O–H groups in total. The number of rotatable bonds is 3. The molecule has 1 amide bonds. The second-order valence-corrected chi connectivity index (χ2v) is 4.40. The van der Waals surface area contributed by atoms with Crippen molar-refractivity contribution in [1.82, 2.24) is 4.57 Å². The first-order valence-corrected chi connectivity index (χ1v) is 5.74. The third-order valence-corrected chi connectivity index (χ3v) is 3.08. The van der Waals surface area contributed by atoms with Gasteiger partial charge in [0.25, 0.3) is 11.5 Å². The number of amides is 1. The molecule has 9 heteroatoms. The Morgan fingerprint density at radius 2 is 2.00 bits per heavy atom. The number of carbonyl (C=O) groups excluding carboxylic acids is 1. The lowest BCUT2D eigenvalue weighted by Gasteiger charge is -2.20. The van der Waals surface area contributed by atoms with Crippen LogP contribution in [-0.2, 0) is 4.74 Å². The van der Waals surface area contributed by atoms with Crippen LogP contribution < -0.4 is 11.3 Å². The van der Waals surface area contributed by atoms with Gasteiger partial charge in [0.05, 0.1) is 6.61 Å². The van der Waals surface area contributed by atoms with Gasteiger partial charge in [0.2, 0.25) is 0 Å². The van der Waals surface area contributed by atoms with Crippen molar-refractivity contribution in [3.8, 4) is 5.75 Å². The Morgan fingerprint density at radius 1 is 1.35 bits per heavy atom. The van der Waals surface area contributed by atoms with E-state index < -0.39 is 48.4 Å². The maximum Gasteiger partial charge on any atom is 0.265 e. The van der Waals surface area contributed by atoms with Crippen LogP contribution >= 0.6 is 0 Å². The summed E-state index contributed by atoms with van der Waals surface area (Å²) < 4.78 is 5.88. The number of ether oxygens (including phenoxy) is 1. The fraction of sp³-hybridized carbons (Fsp3) is 0.455. The molecule has 0 radical (unpaired) electrons. The summed E-state index contributed by atoms with van der Waals surface area (Å²) in [5.74, 6) is -1.48. The molecule has 2 rings (SSSR count). The SMILES string of the molecule is NC(=O)c1cc(O)cc(=O)n1[C@@H]1O[C@H](CO)[C@@H](O)[C@H]1O. The van der Waals surface area contributed by atoms with Crippen molar-refractivity contribution in [1.29, 1.82) is 0 Å². The van der Waals surface area contributed by atoms with Crippen molar-refractivity contribution in [3.63, 3.8) is 0 Å². The van der Waals surface area contributed by atoms with Gasteiger partial charge in [-0.25, -0.2) is 0 Å². The van der Waals surface area contributed by atoms with E-state index in [2.05, 4.69) is 0 Å². The molecule has 2 heterocycles. The summed E-state index contributed by atoms with van der Waals surface area (Å²) >= 11 is 0. The molecule has 1 saturated heterocycles. The van der Waals surface area contributed by atoms with Crippen molar-refractivity contribution in [3.05, 3.63) is 28.2 Å². The molecule has 1 aromatic rings. The van der Waals surface area contributed by atoms with Crippen molar-refractivity contribution in [2.75, 3.05) is 6.61 Å². The van der Waals surface area contributed by atoms with Gasteiger partial charge in [0.15, 0.2) is 6.23 Å². The molecule has 1 aliphatic rings. The molecule has 1 aromatic heterocycles. The highest BCUT2D eigenvalue weighted by Crippen LogP contribution is 2.29. The zero-order valence-electron chi connectivity index (χ0n) is 10.2. The Bertz CT molecular complexity index is 585. The van der Waals surface area contributed by atoms with E-state index in [1.54, 1.807) is 0 Å². The summed E-state index contributed by atoms with van der Waals surface area (Å²) in [6.07, 6.45) is -5.45. The Morgan fingerprint density at radius 3 is 2.50 bits per heavy atom. The van der Waals surface area contributed by atoms with Gasteiger partial charge in [-0.05, 0) is 0 Å². The van der Waals surface area contributed by atoms with Gasteiger partial charge in [-0.15, -0.1) is 0 Å². The lowest BCUT2D eigenvalue weighted by Crippen LogP contribution is -2.38. The van der Waals surface area contributed by atoms with Crippen LogP contribution in [0.15, 0.2) is 16.9 Å². The molecule has 0 saturated carbocycles. The van der Waals surface area contributed by atoms with Crippen LogP contribution in [0.3, 0.4) is 0 Å². The molecule has 0 spiro atoms. The first-order valence-electron chi connectivity index (χ1n) is 5.74. The fourth-order valence-electron chi connectivity index (χ4n) is 2.11. The second kappa shape index (κ2) is 5.21. The smallest absolute Gasteiger partial charge is 0.265 e. The van der Waals surface area contributed by atoms with Gasteiger partial charge in [0, 0.05) is 12.1 Å². The molecule has 9 nitrogen and oxygen atoms in total. The number of nitrogens with two attached hydrogens (primary N) is 1. The maximum atomic E-state index is 11.9. The molecule has 1 aliphatic heterocycles. The molecule has 0 unspecified atom stereocenters. The second-order valence-electron chi connectivity index (χ2n) is 4.40. The topological polar surface area (TPSA) is 155 Å². The first-order chi connectivity index (χ1) is 9.36. The van der Waals surface area contributed by atoms with Crippen LogP contribution in [0.5, 0.6) is 5.75 Å². The summed E-state index contributed by atoms with van der Waals surface area (Å²) in [6, 6.07) is 1.75. The predicted molar refractivity (Wildman–Crippen MR) is 63.9 cm³/mol. The van der Waals surface area contributed by atoms with Crippen molar-refractivity contribution < 1.29 is 30.0 Å². The highest BCUT2D eigenvalue weighted by molar-refractivity contribution is 5.91. The number of hydrogen-bond donors (Lipinski definition) is 5. The summed E-state index contributed by atoms with van der Waals surface area (Å²) in [4.78, 5) is 23.2. The number of aromatic hydroxyl groups is 1. The number of primary amides is 1. The van der Waals surface area contributed by atoms with Crippen LogP contribution in [0.1, 0.15) is 16.7 Å². The van der Waals surface area contributed by atoms with Crippen LogP contribution in [0.2, 0.25) is 0 Å². The molecule has 0 aromatic carbocycles. The number of nitrogens with zero attached hydrogens (tertiary/aromatic N) is 1. The molecule has 110 valence electrons. The summed E-state index contributed by atoms with van der Waals surface area (Å²) in [7, 11) is 0. The fourth-order valence-corrected chi connectivity index (χ4v) is 2.11. The van der Waals surface area contributed by atoms with Gasteiger partial charge in [0.1, 0.15) is 29.8 Å². The number of aliphatic hydroxyl groups excluding tert-OH is 3. The van der Waals surface area contributed by atoms with E-state index in [0.29, 0.717) is 0 Å². The first kappa shape index (κ1) is 14.5. The third-order valence-electron chi connectivity index (χ3n) is 3.08. The molecular formula is C11H14N2O7. The number of aromatic nitrogens is 1. The summed E-state index contributed by atoms with van der Waals surface area (Å²) in [6.45, 7) is -0.576. The standard InChI is InChI=1S/C11H14N2O7/c12-10(19)5-1-4(15)2-7(16)13(5)11-9(18)8(17)6(3-14)20-11/h1-2,6,8-9,11,14-15,17-18H,3H2,(H2,12,19)/t6-,8-,9-,11-/m1/s1. The summed E-state index contributed by atoms with van der Waals surface area (Å²) in [5, 5.41) is 37.8. The quantitative estimate of drug-likeness (QED) is 0.403. The van der Waals surface area contributed by atoms with Crippen LogP contribution in [-0.4, -0.2) is 55.8 Å². The van der Waals surface area contributed by atoms with E-state index in [9.17, 15) is 24.9 Å². The zero-order chi connectivity index (χ0) is 15.0. The Hall–Kier alpha value is -1.94. The highest BCUT2D eigenvalue weighted by Gasteiger charge is 2.44. The van der Waals surface area contributed by atoms with Crippen LogP contribution in [0.25, 0.3) is 0 Å². The van der Waals surface area contributed by atoms with E-state index in [0.717, 1.165) is 16.7 Å². The van der Waals surface area contributed by atoms with Gasteiger partial charge in [-0.3, -0.25) is 14.2 Å². The molecule has 4 atom stereocenters. The van der Waals surface area contributed by atoms with Crippen molar-refractivity contribution in [2.45, 2.75) is 24.5 Å². The lowest BCUT2D eigenvalue weighted by molar-refractivity contribution is -0.0551. The number of hydrogen-bond acceptors (Lipinski definition) is 7. The minimum Gasteiger partial charge on any atom is -0.508 e. The molecule has 0 aliphatic carbocycles. The summed E-state index contributed by atoms with van der Waals surface area (Å²) in [5.41, 5.74) is 3.88. The highest BCUT2D eigenvalue weighted by atomic mass is 16.6. The number of pyridine rings is 1. The van der Waals surface area contributed by atoms with E-state index in [1.165, 1.54) is 0 Å². The van der Waals surface area contributed by atoms with E-state index in [1.807, 2.05) is 0 Å². The van der Waals surface area contributed by atoms with E-state index in [4.69, 9.17) is 15.6 Å². The van der Waals surface area contributed by atoms with Gasteiger partial charge < -0.3 is 30.9 Å².